The lowest BCUT2D eigenvalue weighted by atomic mass is 9.56. The zero-order valence-electron chi connectivity index (χ0n) is 18.7. The lowest BCUT2D eigenvalue weighted by molar-refractivity contribution is -0.390. The fourth-order valence-electron chi connectivity index (χ4n) is 4.16. The molecule has 5 N–H and O–H groups in total. The van der Waals surface area contributed by atoms with E-state index in [1.165, 1.54) is 0 Å². The first-order chi connectivity index (χ1) is 12.8. The molecule has 0 aromatic carbocycles. The predicted molar refractivity (Wildman–Crippen MR) is 106 cm³/mol. The van der Waals surface area contributed by atoms with E-state index in [2.05, 4.69) is 41.5 Å². The summed E-state index contributed by atoms with van der Waals surface area (Å²) in [5, 5.41) is 24.4. The normalized spacial score (nSPS) is 26.8. The van der Waals surface area contributed by atoms with Crippen LogP contribution in [0.3, 0.4) is 0 Å². The summed E-state index contributed by atoms with van der Waals surface area (Å²) in [5.41, 5.74) is 4.44. The maximum absolute atomic E-state index is 11.7. The third-order valence-electron chi connectivity index (χ3n) is 4.99. The number of carboxylic acid groups (broad SMARTS) is 3. The minimum Gasteiger partial charge on any atom is -0.481 e. The first-order valence-electron chi connectivity index (χ1n) is 9.57. The van der Waals surface area contributed by atoms with Crippen molar-refractivity contribution < 1.29 is 39.2 Å². The molecule has 1 saturated heterocycles. The van der Waals surface area contributed by atoms with Crippen molar-refractivity contribution in [3.05, 3.63) is 0 Å². The van der Waals surface area contributed by atoms with Gasteiger partial charge < -0.3 is 30.5 Å². The topological polar surface area (TPSA) is 156 Å². The molecule has 1 heterocycles. The van der Waals surface area contributed by atoms with Crippen LogP contribution in [0.5, 0.6) is 0 Å². The molecule has 29 heavy (non-hydrogen) atoms. The van der Waals surface area contributed by atoms with Crippen molar-refractivity contribution >= 4 is 17.9 Å². The van der Waals surface area contributed by atoms with Gasteiger partial charge in [-0.15, -0.1) is 0 Å². The molecule has 1 aliphatic rings. The standard InChI is InChI=1S/C18H35NO4.C2H2O4/c1-15(2,3)14-12(9-10-19)22-17(7,8)23-18(14,11-13(20)21)16(4,5)6;3-1(4)2(5)6/h12,14H,9-11,19H2,1-8H3,(H,20,21);(H,3,4)(H,5,6)/t12-,14-,18+;/m0./s1. The van der Waals surface area contributed by atoms with Crippen molar-refractivity contribution in [2.24, 2.45) is 22.5 Å². The van der Waals surface area contributed by atoms with Crippen LogP contribution in [0.25, 0.3) is 0 Å². The zero-order chi connectivity index (χ0) is 23.4. The highest BCUT2D eigenvalue weighted by atomic mass is 16.7. The van der Waals surface area contributed by atoms with Crippen molar-refractivity contribution in [3.8, 4) is 0 Å². The summed E-state index contributed by atoms with van der Waals surface area (Å²) in [6, 6.07) is 0. The van der Waals surface area contributed by atoms with Gasteiger partial charge in [0.25, 0.3) is 0 Å². The van der Waals surface area contributed by atoms with Crippen LogP contribution < -0.4 is 5.73 Å². The molecular formula is C20H37NO8. The van der Waals surface area contributed by atoms with Crippen LogP contribution in [0.1, 0.15) is 68.2 Å². The van der Waals surface area contributed by atoms with Gasteiger partial charge in [-0.1, -0.05) is 41.5 Å². The lowest BCUT2D eigenvalue weighted by Crippen LogP contribution is -2.68. The van der Waals surface area contributed by atoms with Crippen molar-refractivity contribution in [2.45, 2.75) is 85.7 Å². The number of ether oxygens (including phenoxy) is 2. The van der Waals surface area contributed by atoms with Crippen LogP contribution in [0.4, 0.5) is 0 Å². The monoisotopic (exact) mass is 419 g/mol. The first kappa shape index (κ1) is 27.3. The number of nitrogens with two attached hydrogens (primary N) is 1. The SMILES string of the molecule is CC1(C)O[C@@H](CCN)[C@@H](C(C)(C)C)[C@](CC(=O)O)(C(C)(C)C)O1.O=C(O)C(=O)O. The van der Waals surface area contributed by atoms with Crippen molar-refractivity contribution in [3.63, 3.8) is 0 Å². The van der Waals surface area contributed by atoms with Crippen molar-refractivity contribution in [1.29, 1.82) is 0 Å². The maximum Gasteiger partial charge on any atom is 0.414 e. The van der Waals surface area contributed by atoms with Gasteiger partial charge in [-0.05, 0) is 37.6 Å². The molecule has 0 radical (unpaired) electrons. The van der Waals surface area contributed by atoms with Crippen LogP contribution in [0.15, 0.2) is 0 Å². The average molecular weight is 420 g/mol. The van der Waals surface area contributed by atoms with Gasteiger partial charge in [0.1, 0.15) is 0 Å². The highest BCUT2D eigenvalue weighted by Crippen LogP contribution is 2.56. The van der Waals surface area contributed by atoms with E-state index in [1.54, 1.807) is 0 Å². The fourth-order valence-corrected chi connectivity index (χ4v) is 4.16. The predicted octanol–water partition coefficient (Wildman–Crippen LogP) is 2.56. The average Bonchev–Trinajstić information content (AvgIpc) is 2.42. The molecule has 0 saturated carbocycles. The summed E-state index contributed by atoms with van der Waals surface area (Å²) in [4.78, 5) is 29.9. The molecule has 0 aliphatic carbocycles. The molecular weight excluding hydrogens is 382 g/mol. The third-order valence-corrected chi connectivity index (χ3v) is 4.99. The van der Waals surface area contributed by atoms with Crippen molar-refractivity contribution in [1.82, 2.24) is 0 Å². The summed E-state index contributed by atoms with van der Waals surface area (Å²) in [5.74, 6) is -5.42. The van der Waals surface area contributed by atoms with Gasteiger partial charge >= 0.3 is 17.9 Å². The van der Waals surface area contributed by atoms with E-state index in [-0.39, 0.29) is 29.3 Å². The van der Waals surface area contributed by atoms with E-state index in [0.717, 1.165) is 0 Å². The van der Waals surface area contributed by atoms with Gasteiger partial charge in [0.05, 0.1) is 18.1 Å². The summed E-state index contributed by atoms with van der Waals surface area (Å²) in [6.45, 7) is 16.7. The quantitative estimate of drug-likeness (QED) is 0.503. The fraction of sp³-hybridized carbons (Fsp3) is 0.850. The molecule has 9 heteroatoms. The van der Waals surface area contributed by atoms with E-state index in [1.807, 2.05) is 13.8 Å². The number of carboxylic acids is 3. The summed E-state index contributed by atoms with van der Waals surface area (Å²) in [6.07, 6.45) is 0.501. The first-order valence-corrected chi connectivity index (χ1v) is 9.57. The van der Waals surface area contributed by atoms with Crippen LogP contribution >= 0.6 is 0 Å². The third kappa shape index (κ3) is 7.24. The van der Waals surface area contributed by atoms with E-state index >= 15 is 0 Å². The van der Waals surface area contributed by atoms with Gasteiger partial charge in [0.15, 0.2) is 5.79 Å². The van der Waals surface area contributed by atoms with E-state index in [9.17, 15) is 9.90 Å². The van der Waals surface area contributed by atoms with Crippen LogP contribution in [0.2, 0.25) is 0 Å². The lowest BCUT2D eigenvalue weighted by Gasteiger charge is -2.61. The smallest absolute Gasteiger partial charge is 0.414 e. The molecule has 1 rings (SSSR count). The Hall–Kier alpha value is -1.71. The molecule has 9 nitrogen and oxygen atoms in total. The minimum atomic E-state index is -1.82. The van der Waals surface area contributed by atoms with Crippen LogP contribution in [0, 0.1) is 16.7 Å². The maximum atomic E-state index is 11.7. The molecule has 0 bridgehead atoms. The molecule has 0 aromatic heterocycles. The number of aliphatic carboxylic acids is 3. The molecule has 0 spiro atoms. The Kier molecular flexibility index (Phi) is 8.85. The molecule has 1 aliphatic heterocycles. The van der Waals surface area contributed by atoms with Crippen LogP contribution in [-0.2, 0) is 23.9 Å². The van der Waals surface area contributed by atoms with E-state index in [0.29, 0.717) is 13.0 Å². The zero-order valence-corrected chi connectivity index (χ0v) is 18.7. The molecule has 170 valence electrons. The Labute approximate surface area is 172 Å². The Morgan fingerprint density at radius 3 is 1.69 bits per heavy atom. The van der Waals surface area contributed by atoms with E-state index < -0.39 is 29.3 Å². The van der Waals surface area contributed by atoms with Gasteiger partial charge in [-0.2, -0.15) is 0 Å². The molecule has 1 fully saturated rings. The Bertz CT molecular complexity index is 591. The molecule has 0 unspecified atom stereocenters. The molecule has 0 amide bonds. The second kappa shape index (κ2) is 9.40. The summed E-state index contributed by atoms with van der Waals surface area (Å²) in [7, 11) is 0. The number of hydrogen-bond donors (Lipinski definition) is 4. The molecule has 3 atom stereocenters. The highest BCUT2D eigenvalue weighted by Gasteiger charge is 2.62. The largest absolute Gasteiger partial charge is 0.481 e. The minimum absolute atomic E-state index is 0.0493. The van der Waals surface area contributed by atoms with Crippen LogP contribution in [-0.4, -0.2) is 57.3 Å². The van der Waals surface area contributed by atoms with Gasteiger partial charge in [-0.3, -0.25) is 4.79 Å². The summed E-state index contributed by atoms with van der Waals surface area (Å²) >= 11 is 0. The van der Waals surface area contributed by atoms with Gasteiger partial charge in [0.2, 0.25) is 0 Å². The van der Waals surface area contributed by atoms with E-state index in [4.69, 9.17) is 35.0 Å². The van der Waals surface area contributed by atoms with Crippen molar-refractivity contribution in [2.75, 3.05) is 6.54 Å². The second-order valence-corrected chi connectivity index (χ2v) is 9.90. The number of rotatable bonds is 4. The van der Waals surface area contributed by atoms with Gasteiger partial charge in [0, 0.05) is 5.92 Å². The molecule has 0 aromatic rings. The summed E-state index contributed by atoms with van der Waals surface area (Å²) < 4.78 is 12.6. The Balaban J connectivity index is 0.00000113. The highest BCUT2D eigenvalue weighted by molar-refractivity contribution is 6.27. The second-order valence-electron chi connectivity index (χ2n) is 9.90. The number of carbonyl (C=O) groups is 3. The van der Waals surface area contributed by atoms with Gasteiger partial charge in [-0.25, -0.2) is 9.59 Å². The Morgan fingerprint density at radius 2 is 1.41 bits per heavy atom. The Morgan fingerprint density at radius 1 is 0.966 bits per heavy atom. The number of hydrogen-bond acceptors (Lipinski definition) is 6.